The lowest BCUT2D eigenvalue weighted by atomic mass is 9.96. The van der Waals surface area contributed by atoms with Crippen LogP contribution in [-0.4, -0.2) is 37.7 Å². The molecule has 6 nitrogen and oxygen atoms in total. The van der Waals surface area contributed by atoms with E-state index >= 15 is 0 Å². The van der Waals surface area contributed by atoms with Gasteiger partial charge in [0.2, 0.25) is 5.91 Å². The standard InChI is InChI=1S/C19H25N3O3/c1-12(17-13(2)20-21(5)14(17)3)18(23)22(15(4)19(24)25)11-16-9-7-6-8-10-16/h6-10,12,15H,11H2,1-5H3,(H,24,25). The minimum Gasteiger partial charge on any atom is -0.480 e. The fourth-order valence-corrected chi connectivity index (χ4v) is 3.11. The van der Waals surface area contributed by atoms with E-state index < -0.39 is 17.9 Å². The second-order valence-electron chi connectivity index (χ2n) is 6.40. The number of aromatic nitrogens is 2. The lowest BCUT2D eigenvalue weighted by Crippen LogP contribution is -2.44. The molecule has 1 heterocycles. The summed E-state index contributed by atoms with van der Waals surface area (Å²) in [5.74, 6) is -1.69. The zero-order valence-electron chi connectivity index (χ0n) is 15.4. The summed E-state index contributed by atoms with van der Waals surface area (Å²) in [5, 5.41) is 13.8. The fraction of sp³-hybridized carbons (Fsp3) is 0.421. The highest BCUT2D eigenvalue weighted by atomic mass is 16.4. The van der Waals surface area contributed by atoms with Gasteiger partial charge in [0, 0.05) is 24.8 Å². The Kier molecular flexibility index (Phi) is 5.62. The average Bonchev–Trinajstić information content (AvgIpc) is 2.84. The van der Waals surface area contributed by atoms with Crippen LogP contribution in [0, 0.1) is 13.8 Å². The Morgan fingerprint density at radius 3 is 2.28 bits per heavy atom. The van der Waals surface area contributed by atoms with Gasteiger partial charge in [-0.25, -0.2) is 4.79 Å². The number of amides is 1. The molecule has 1 N–H and O–H groups in total. The first-order valence-electron chi connectivity index (χ1n) is 8.31. The minimum absolute atomic E-state index is 0.210. The van der Waals surface area contributed by atoms with E-state index in [1.807, 2.05) is 58.2 Å². The molecule has 2 rings (SSSR count). The molecule has 1 aromatic carbocycles. The first-order chi connectivity index (χ1) is 11.7. The van der Waals surface area contributed by atoms with Crippen molar-refractivity contribution >= 4 is 11.9 Å². The molecule has 2 atom stereocenters. The van der Waals surface area contributed by atoms with Crippen molar-refractivity contribution in [1.29, 1.82) is 0 Å². The van der Waals surface area contributed by atoms with Crippen LogP contribution in [0.1, 0.15) is 42.3 Å². The quantitative estimate of drug-likeness (QED) is 0.875. The Bertz CT molecular complexity index is 768. The topological polar surface area (TPSA) is 75.4 Å². The molecule has 6 heteroatoms. The maximum Gasteiger partial charge on any atom is 0.326 e. The molecule has 0 radical (unpaired) electrons. The van der Waals surface area contributed by atoms with Crippen LogP contribution >= 0.6 is 0 Å². The predicted molar refractivity (Wildman–Crippen MR) is 95.2 cm³/mol. The highest BCUT2D eigenvalue weighted by molar-refractivity contribution is 5.88. The third-order valence-electron chi connectivity index (χ3n) is 4.67. The van der Waals surface area contributed by atoms with Crippen LogP contribution in [0.15, 0.2) is 30.3 Å². The molecule has 2 aromatic rings. The maximum absolute atomic E-state index is 13.1. The molecular weight excluding hydrogens is 318 g/mol. The normalized spacial score (nSPS) is 13.3. The van der Waals surface area contributed by atoms with E-state index in [9.17, 15) is 14.7 Å². The lowest BCUT2D eigenvalue weighted by molar-refractivity contribution is -0.150. The number of nitrogens with zero attached hydrogens (tertiary/aromatic N) is 3. The summed E-state index contributed by atoms with van der Waals surface area (Å²) in [4.78, 5) is 26.1. The minimum atomic E-state index is -1.02. The number of hydrogen-bond acceptors (Lipinski definition) is 3. The predicted octanol–water partition coefficient (Wildman–Crippen LogP) is 2.64. The van der Waals surface area contributed by atoms with Crippen molar-refractivity contribution in [1.82, 2.24) is 14.7 Å². The number of rotatable bonds is 6. The van der Waals surface area contributed by atoms with E-state index in [1.165, 1.54) is 4.90 Å². The summed E-state index contributed by atoms with van der Waals surface area (Å²) in [6.07, 6.45) is 0. The average molecular weight is 343 g/mol. The van der Waals surface area contributed by atoms with Gasteiger partial charge in [0.25, 0.3) is 0 Å². The van der Waals surface area contributed by atoms with E-state index in [2.05, 4.69) is 5.10 Å². The van der Waals surface area contributed by atoms with Crippen molar-refractivity contribution in [3.8, 4) is 0 Å². The van der Waals surface area contributed by atoms with Crippen LogP contribution < -0.4 is 0 Å². The number of hydrogen-bond donors (Lipinski definition) is 1. The van der Waals surface area contributed by atoms with Gasteiger partial charge >= 0.3 is 5.97 Å². The molecule has 0 bridgehead atoms. The summed E-state index contributed by atoms with van der Waals surface area (Å²) >= 11 is 0. The van der Waals surface area contributed by atoms with E-state index in [-0.39, 0.29) is 12.5 Å². The summed E-state index contributed by atoms with van der Waals surface area (Å²) in [6, 6.07) is 8.51. The van der Waals surface area contributed by atoms with Crippen LogP contribution in [0.2, 0.25) is 0 Å². The van der Waals surface area contributed by atoms with Crippen molar-refractivity contribution in [3.63, 3.8) is 0 Å². The van der Waals surface area contributed by atoms with Gasteiger partial charge < -0.3 is 10.0 Å². The Hall–Kier alpha value is -2.63. The second-order valence-corrected chi connectivity index (χ2v) is 6.40. The molecule has 0 saturated carbocycles. The van der Waals surface area contributed by atoms with Gasteiger partial charge in [-0.1, -0.05) is 30.3 Å². The zero-order chi connectivity index (χ0) is 18.7. The maximum atomic E-state index is 13.1. The van der Waals surface area contributed by atoms with Crippen molar-refractivity contribution in [3.05, 3.63) is 52.8 Å². The summed E-state index contributed by atoms with van der Waals surface area (Å²) in [7, 11) is 1.84. The molecule has 0 fully saturated rings. The smallest absolute Gasteiger partial charge is 0.326 e. The van der Waals surface area contributed by atoms with Crippen molar-refractivity contribution in [2.45, 2.75) is 46.2 Å². The van der Waals surface area contributed by atoms with Crippen LogP contribution in [0.25, 0.3) is 0 Å². The number of aryl methyl sites for hydroxylation is 2. The van der Waals surface area contributed by atoms with Gasteiger partial charge in [-0.05, 0) is 33.3 Å². The van der Waals surface area contributed by atoms with Gasteiger partial charge in [0.15, 0.2) is 0 Å². The molecule has 134 valence electrons. The molecule has 25 heavy (non-hydrogen) atoms. The van der Waals surface area contributed by atoms with E-state index in [1.54, 1.807) is 11.6 Å². The summed E-state index contributed by atoms with van der Waals surface area (Å²) in [5.41, 5.74) is 3.48. The lowest BCUT2D eigenvalue weighted by Gasteiger charge is -2.29. The van der Waals surface area contributed by atoms with Crippen LogP contribution in [0.3, 0.4) is 0 Å². The first-order valence-corrected chi connectivity index (χ1v) is 8.31. The van der Waals surface area contributed by atoms with Gasteiger partial charge in [-0.2, -0.15) is 5.10 Å². The van der Waals surface area contributed by atoms with Crippen molar-refractivity contribution in [2.75, 3.05) is 0 Å². The molecule has 0 aliphatic carbocycles. The number of carbonyl (C=O) groups is 2. The molecule has 1 amide bonds. The highest BCUT2D eigenvalue weighted by Crippen LogP contribution is 2.26. The number of benzene rings is 1. The summed E-state index contributed by atoms with van der Waals surface area (Å²) in [6.45, 7) is 7.40. The zero-order valence-corrected chi connectivity index (χ0v) is 15.4. The Labute approximate surface area is 148 Å². The number of carboxylic acid groups (broad SMARTS) is 1. The molecular formula is C19H25N3O3. The fourth-order valence-electron chi connectivity index (χ4n) is 3.11. The third-order valence-corrected chi connectivity index (χ3v) is 4.67. The largest absolute Gasteiger partial charge is 0.480 e. The van der Waals surface area contributed by atoms with Gasteiger partial charge in [0.1, 0.15) is 6.04 Å². The molecule has 0 spiro atoms. The monoisotopic (exact) mass is 343 g/mol. The van der Waals surface area contributed by atoms with Crippen LogP contribution in [0.5, 0.6) is 0 Å². The Balaban J connectivity index is 2.35. The number of aliphatic carboxylic acids is 1. The molecule has 1 aromatic heterocycles. The Morgan fingerprint density at radius 1 is 1.20 bits per heavy atom. The van der Waals surface area contributed by atoms with E-state index in [0.717, 1.165) is 22.5 Å². The van der Waals surface area contributed by atoms with Crippen LogP contribution in [0.4, 0.5) is 0 Å². The molecule has 0 aliphatic heterocycles. The first kappa shape index (κ1) is 18.7. The van der Waals surface area contributed by atoms with Crippen molar-refractivity contribution in [2.24, 2.45) is 7.05 Å². The summed E-state index contributed by atoms with van der Waals surface area (Å²) < 4.78 is 1.75. The van der Waals surface area contributed by atoms with Gasteiger partial charge in [-0.15, -0.1) is 0 Å². The van der Waals surface area contributed by atoms with E-state index in [4.69, 9.17) is 0 Å². The highest BCUT2D eigenvalue weighted by Gasteiger charge is 2.32. The molecule has 0 saturated heterocycles. The third kappa shape index (κ3) is 3.90. The Morgan fingerprint density at radius 2 is 1.80 bits per heavy atom. The second kappa shape index (κ2) is 7.51. The van der Waals surface area contributed by atoms with Gasteiger partial charge in [0.05, 0.1) is 11.6 Å². The van der Waals surface area contributed by atoms with Gasteiger partial charge in [-0.3, -0.25) is 9.48 Å². The molecule has 2 unspecified atom stereocenters. The SMILES string of the molecule is Cc1nn(C)c(C)c1C(C)C(=O)N(Cc1ccccc1)C(C)C(=O)O. The number of carbonyl (C=O) groups excluding carboxylic acids is 1. The van der Waals surface area contributed by atoms with Crippen molar-refractivity contribution < 1.29 is 14.7 Å². The molecule has 0 aliphatic rings. The van der Waals surface area contributed by atoms with E-state index in [0.29, 0.717) is 0 Å². The van der Waals surface area contributed by atoms with Crippen LogP contribution in [-0.2, 0) is 23.2 Å². The number of carboxylic acids is 1.